The fraction of sp³-hybridized carbons (Fsp3) is 0.321. The van der Waals surface area contributed by atoms with E-state index in [1.165, 1.54) is 23.6 Å². The molecule has 0 spiro atoms. The number of aryl methyl sites for hydroxylation is 2. The summed E-state index contributed by atoms with van der Waals surface area (Å²) >= 11 is 4.56. The number of thiocarbonyl (C=S) groups is 1. The maximum atomic E-state index is 13.4. The third-order valence-corrected chi connectivity index (χ3v) is 5.38. The highest BCUT2D eigenvalue weighted by Crippen LogP contribution is 2.27. The highest BCUT2D eigenvalue weighted by molar-refractivity contribution is 7.78. The summed E-state index contributed by atoms with van der Waals surface area (Å²) in [6.45, 7) is 6.32. The molecule has 0 unspecified atom stereocenters. The minimum atomic E-state index is -1.37. The van der Waals surface area contributed by atoms with Crippen molar-refractivity contribution >= 4 is 17.4 Å². The molecule has 0 amide bonds. The monoisotopic (exact) mass is 501 g/mol. The highest BCUT2D eigenvalue weighted by atomic mass is 32.1. The van der Waals surface area contributed by atoms with Crippen LogP contribution in [0.3, 0.4) is 0 Å². The first-order chi connectivity index (χ1) is 16.9. The van der Waals surface area contributed by atoms with Crippen LogP contribution in [-0.2, 0) is 17.9 Å². The summed E-state index contributed by atoms with van der Waals surface area (Å²) in [5, 5.41) is 2.38. The van der Waals surface area contributed by atoms with Gasteiger partial charge in [-0.05, 0) is 65.9 Å². The number of isothiocyanates is 1. The number of unbranched alkanes of at least 4 members (excludes halogenated alkanes) is 2. The lowest BCUT2D eigenvalue weighted by atomic mass is 10.0. The van der Waals surface area contributed by atoms with Gasteiger partial charge in [-0.2, -0.15) is 9.28 Å². The maximum absolute atomic E-state index is 13.4. The van der Waals surface area contributed by atoms with Crippen LogP contribution in [0.1, 0.15) is 49.8 Å². The SMILES string of the molecule is CCCCCOOc1c(F)c(C)cc(F)c1F.CCc1ccc(-c2ccc(CN=C=S)cc2)cc1. The quantitative estimate of drug-likeness (QED) is 0.0697. The van der Waals surface area contributed by atoms with Gasteiger partial charge in [0.1, 0.15) is 0 Å². The van der Waals surface area contributed by atoms with Gasteiger partial charge in [0, 0.05) is 0 Å². The van der Waals surface area contributed by atoms with Crippen molar-refractivity contribution < 1.29 is 22.9 Å². The van der Waals surface area contributed by atoms with Crippen molar-refractivity contribution in [1.82, 2.24) is 0 Å². The number of hydrogen-bond acceptors (Lipinski definition) is 4. The number of rotatable bonds is 10. The Morgan fingerprint density at radius 2 is 1.46 bits per heavy atom. The number of halogens is 3. The van der Waals surface area contributed by atoms with Crippen molar-refractivity contribution in [3.05, 3.63) is 88.7 Å². The minimum Gasteiger partial charge on any atom is -0.331 e. The molecule has 3 rings (SSSR count). The van der Waals surface area contributed by atoms with Gasteiger partial charge in [0.15, 0.2) is 11.6 Å². The Kier molecular flexibility index (Phi) is 12.2. The normalized spacial score (nSPS) is 10.2. The molecule has 0 aliphatic rings. The van der Waals surface area contributed by atoms with Gasteiger partial charge in [0.05, 0.1) is 18.3 Å². The van der Waals surface area contributed by atoms with E-state index in [2.05, 4.69) is 87.6 Å². The molecule has 0 bridgehead atoms. The summed E-state index contributed by atoms with van der Waals surface area (Å²) in [6.07, 6.45) is 3.71. The van der Waals surface area contributed by atoms with Gasteiger partial charge in [0.2, 0.25) is 11.6 Å². The Hall–Kier alpha value is -2.99. The smallest absolute Gasteiger partial charge is 0.239 e. The predicted molar refractivity (Wildman–Crippen MR) is 137 cm³/mol. The Morgan fingerprint density at radius 1 is 0.857 bits per heavy atom. The molecule has 0 aliphatic heterocycles. The molecule has 0 atom stereocenters. The molecule has 0 heterocycles. The minimum absolute atomic E-state index is 0.0314. The molecule has 0 radical (unpaired) electrons. The van der Waals surface area contributed by atoms with Gasteiger partial charge in [-0.15, -0.1) is 0 Å². The van der Waals surface area contributed by atoms with E-state index < -0.39 is 23.2 Å². The van der Waals surface area contributed by atoms with Crippen LogP contribution in [0, 0.1) is 24.4 Å². The lowest BCUT2D eigenvalue weighted by Crippen LogP contribution is -2.05. The maximum Gasteiger partial charge on any atom is 0.239 e. The van der Waals surface area contributed by atoms with Crippen LogP contribution in [-0.4, -0.2) is 11.8 Å². The predicted octanol–water partition coefficient (Wildman–Crippen LogP) is 8.43. The number of nitrogens with zero attached hydrogens (tertiary/aromatic N) is 1. The lowest BCUT2D eigenvalue weighted by molar-refractivity contribution is -0.211. The fourth-order valence-electron chi connectivity index (χ4n) is 3.14. The third kappa shape index (κ3) is 8.95. The van der Waals surface area contributed by atoms with Crippen molar-refractivity contribution in [2.75, 3.05) is 6.61 Å². The Labute approximate surface area is 210 Å². The number of aliphatic imine (C=N–C) groups is 1. The van der Waals surface area contributed by atoms with Gasteiger partial charge >= 0.3 is 0 Å². The summed E-state index contributed by atoms with van der Waals surface area (Å²) < 4.78 is 39.6. The van der Waals surface area contributed by atoms with Gasteiger partial charge in [-0.1, -0.05) is 75.2 Å². The molecule has 0 fully saturated rings. The number of hydrogen-bond donors (Lipinski definition) is 0. The van der Waals surface area contributed by atoms with Gasteiger partial charge < -0.3 is 4.89 Å². The average Bonchev–Trinajstić information content (AvgIpc) is 2.88. The van der Waals surface area contributed by atoms with Crippen LogP contribution in [0.25, 0.3) is 11.1 Å². The molecule has 186 valence electrons. The van der Waals surface area contributed by atoms with Crippen LogP contribution in [0.4, 0.5) is 13.2 Å². The van der Waals surface area contributed by atoms with Gasteiger partial charge in [-0.25, -0.2) is 13.8 Å². The summed E-state index contributed by atoms with van der Waals surface area (Å²) in [6, 6.07) is 17.9. The molecular weight excluding hydrogens is 471 g/mol. The zero-order valence-corrected chi connectivity index (χ0v) is 21.1. The molecule has 3 aromatic rings. The van der Waals surface area contributed by atoms with Crippen LogP contribution in [0.15, 0.2) is 59.6 Å². The van der Waals surface area contributed by atoms with Gasteiger partial charge in [0.25, 0.3) is 0 Å². The second kappa shape index (κ2) is 15.1. The highest BCUT2D eigenvalue weighted by Gasteiger charge is 2.19. The molecule has 0 saturated carbocycles. The van der Waals surface area contributed by atoms with E-state index >= 15 is 0 Å². The molecular formula is C28H30F3NO2S. The molecule has 3 aromatic carbocycles. The van der Waals surface area contributed by atoms with Gasteiger partial charge in [-0.3, -0.25) is 0 Å². The molecule has 0 saturated heterocycles. The zero-order valence-electron chi connectivity index (χ0n) is 20.2. The first-order valence-electron chi connectivity index (χ1n) is 11.6. The summed E-state index contributed by atoms with van der Waals surface area (Å²) in [7, 11) is 0. The average molecular weight is 502 g/mol. The summed E-state index contributed by atoms with van der Waals surface area (Å²) in [4.78, 5) is 13.1. The van der Waals surface area contributed by atoms with E-state index in [1.54, 1.807) is 0 Å². The van der Waals surface area contributed by atoms with Crippen molar-refractivity contribution in [3.8, 4) is 16.9 Å². The van der Waals surface area contributed by atoms with E-state index in [0.29, 0.717) is 13.0 Å². The summed E-state index contributed by atoms with van der Waals surface area (Å²) in [5.41, 5.74) is 4.97. The summed E-state index contributed by atoms with van der Waals surface area (Å²) in [5.74, 6) is -4.29. The second-order valence-electron chi connectivity index (χ2n) is 7.90. The van der Waals surface area contributed by atoms with Crippen molar-refractivity contribution in [2.24, 2.45) is 4.99 Å². The van der Waals surface area contributed by atoms with Crippen LogP contribution in [0.2, 0.25) is 0 Å². The fourth-order valence-corrected chi connectivity index (χ4v) is 3.21. The molecule has 0 aromatic heterocycles. The largest absolute Gasteiger partial charge is 0.331 e. The lowest BCUT2D eigenvalue weighted by Gasteiger charge is -2.08. The topological polar surface area (TPSA) is 30.8 Å². The molecule has 3 nitrogen and oxygen atoms in total. The van der Waals surface area contributed by atoms with E-state index in [-0.39, 0.29) is 12.2 Å². The van der Waals surface area contributed by atoms with Crippen molar-refractivity contribution in [2.45, 2.75) is 53.0 Å². The van der Waals surface area contributed by atoms with Crippen molar-refractivity contribution in [1.29, 1.82) is 0 Å². The molecule has 0 aliphatic carbocycles. The standard InChI is InChI=1S/C16H15NS.C12H15F3O2/c1-2-13-3-7-15(8-4-13)16-9-5-14(6-10-16)11-17-12-18;1-3-4-5-6-16-17-12-10(14)8(2)7-9(13)11(12)15/h3-10H,2,11H2,1H3;7H,3-6H2,1-2H3. The first kappa shape index (κ1) is 28.2. The molecule has 7 heteroatoms. The van der Waals surface area contributed by atoms with Crippen molar-refractivity contribution in [3.63, 3.8) is 0 Å². The van der Waals surface area contributed by atoms with E-state index in [4.69, 9.17) is 0 Å². The Bertz CT molecular complexity index is 1090. The second-order valence-corrected chi connectivity index (χ2v) is 8.08. The Balaban J connectivity index is 0.000000247. The molecule has 35 heavy (non-hydrogen) atoms. The number of benzene rings is 3. The van der Waals surface area contributed by atoms with Crippen LogP contribution < -0.4 is 4.89 Å². The third-order valence-electron chi connectivity index (χ3n) is 5.25. The van der Waals surface area contributed by atoms with Crippen LogP contribution >= 0.6 is 12.2 Å². The zero-order chi connectivity index (χ0) is 25.6. The Morgan fingerprint density at radius 3 is 2.00 bits per heavy atom. The molecule has 0 N–H and O–H groups in total. The van der Waals surface area contributed by atoms with Crippen LogP contribution in [0.5, 0.6) is 5.75 Å². The van der Waals surface area contributed by atoms with E-state index in [9.17, 15) is 13.2 Å². The van der Waals surface area contributed by atoms with E-state index in [0.717, 1.165) is 30.9 Å². The first-order valence-corrected chi connectivity index (χ1v) is 12.0. The van der Waals surface area contributed by atoms with E-state index in [1.807, 2.05) is 6.92 Å².